The van der Waals surface area contributed by atoms with E-state index in [0.717, 1.165) is 37.5 Å². The zero-order valence-electron chi connectivity index (χ0n) is 14.6. The van der Waals surface area contributed by atoms with Crippen LogP contribution in [0.2, 0.25) is 0 Å². The van der Waals surface area contributed by atoms with Crippen molar-refractivity contribution < 1.29 is 9.13 Å². The number of rotatable bonds is 6. The van der Waals surface area contributed by atoms with Crippen LogP contribution in [0, 0.1) is 5.82 Å². The molecule has 136 valence electrons. The van der Waals surface area contributed by atoms with Gasteiger partial charge >= 0.3 is 0 Å². The maximum Gasteiger partial charge on any atom is 0.191 e. The molecule has 1 atom stereocenters. The highest BCUT2D eigenvalue weighted by Crippen LogP contribution is 2.12. The predicted octanol–water partition coefficient (Wildman–Crippen LogP) is 2.35. The molecule has 1 aromatic rings. The number of hydrogen-bond acceptors (Lipinski definition) is 3. The topological polar surface area (TPSA) is 48.9 Å². The van der Waals surface area contributed by atoms with E-state index in [1.165, 1.54) is 6.07 Å². The Bertz CT molecular complexity index is 533. The third kappa shape index (κ3) is 6.90. The standard InChI is InChI=1S/C17H27FN4O.HI/c1-19-17(21-11-15-5-4-8-23-15)20-10-13-6-7-16(18)14(9-13)12-22(2)3;/h6-7,9,15H,4-5,8,10-12H2,1-3H3,(H2,19,20,21);1H. The molecule has 1 heterocycles. The van der Waals surface area contributed by atoms with Gasteiger partial charge in [-0.1, -0.05) is 6.07 Å². The first-order chi connectivity index (χ1) is 11.1. The minimum Gasteiger partial charge on any atom is -0.376 e. The molecule has 0 aliphatic carbocycles. The van der Waals surface area contributed by atoms with E-state index in [1.807, 2.05) is 25.1 Å². The molecule has 24 heavy (non-hydrogen) atoms. The van der Waals surface area contributed by atoms with Crippen molar-refractivity contribution in [2.75, 3.05) is 34.3 Å². The fourth-order valence-corrected chi connectivity index (χ4v) is 2.62. The van der Waals surface area contributed by atoms with Crippen LogP contribution in [0.5, 0.6) is 0 Å². The van der Waals surface area contributed by atoms with Crippen molar-refractivity contribution in [1.82, 2.24) is 15.5 Å². The Balaban J connectivity index is 0.00000288. The molecule has 0 radical (unpaired) electrons. The number of guanidine groups is 1. The molecule has 2 N–H and O–H groups in total. The van der Waals surface area contributed by atoms with Crippen molar-refractivity contribution in [3.05, 3.63) is 35.1 Å². The summed E-state index contributed by atoms with van der Waals surface area (Å²) in [6, 6.07) is 5.23. The lowest BCUT2D eigenvalue weighted by molar-refractivity contribution is 0.114. The van der Waals surface area contributed by atoms with Crippen LogP contribution in [-0.2, 0) is 17.8 Å². The normalized spacial score (nSPS) is 17.7. The Morgan fingerprint density at radius 2 is 2.17 bits per heavy atom. The number of hydrogen-bond donors (Lipinski definition) is 2. The van der Waals surface area contributed by atoms with Gasteiger partial charge in [0.2, 0.25) is 0 Å². The van der Waals surface area contributed by atoms with E-state index < -0.39 is 0 Å². The first kappa shape index (κ1) is 21.1. The van der Waals surface area contributed by atoms with Crippen molar-refractivity contribution in [2.24, 2.45) is 4.99 Å². The van der Waals surface area contributed by atoms with E-state index in [1.54, 1.807) is 13.1 Å². The molecule has 0 bridgehead atoms. The lowest BCUT2D eigenvalue weighted by Crippen LogP contribution is -2.40. The molecule has 1 fully saturated rings. The summed E-state index contributed by atoms with van der Waals surface area (Å²) in [6.45, 7) is 2.80. The van der Waals surface area contributed by atoms with E-state index in [2.05, 4.69) is 15.6 Å². The monoisotopic (exact) mass is 450 g/mol. The summed E-state index contributed by atoms with van der Waals surface area (Å²) in [4.78, 5) is 6.17. The molecule has 7 heteroatoms. The number of nitrogens with zero attached hydrogens (tertiary/aromatic N) is 2. The molecule has 1 aliphatic rings. The SMILES string of the molecule is CN=C(NCc1ccc(F)c(CN(C)C)c1)NCC1CCCO1.I. The van der Waals surface area contributed by atoms with Gasteiger partial charge in [-0.25, -0.2) is 4.39 Å². The molecule has 1 saturated heterocycles. The summed E-state index contributed by atoms with van der Waals surface area (Å²) in [6.07, 6.45) is 2.49. The molecule has 0 amide bonds. The highest BCUT2D eigenvalue weighted by Gasteiger charge is 2.15. The Kier molecular flexibility index (Phi) is 9.53. The van der Waals surface area contributed by atoms with Gasteiger partial charge in [-0.15, -0.1) is 24.0 Å². The Labute approximate surface area is 161 Å². The molecule has 0 spiro atoms. The molecule has 0 aromatic heterocycles. The summed E-state index contributed by atoms with van der Waals surface area (Å²) in [7, 11) is 5.61. The van der Waals surface area contributed by atoms with Crippen molar-refractivity contribution in [2.45, 2.75) is 32.0 Å². The van der Waals surface area contributed by atoms with Gasteiger partial charge in [0, 0.05) is 38.9 Å². The third-order valence-electron chi connectivity index (χ3n) is 3.80. The van der Waals surface area contributed by atoms with Crippen LogP contribution >= 0.6 is 24.0 Å². The van der Waals surface area contributed by atoms with Gasteiger partial charge in [-0.2, -0.15) is 0 Å². The second-order valence-corrected chi connectivity index (χ2v) is 6.11. The average molecular weight is 450 g/mol. The molecule has 0 saturated carbocycles. The number of nitrogens with one attached hydrogen (secondary N) is 2. The number of ether oxygens (including phenoxy) is 1. The zero-order valence-corrected chi connectivity index (χ0v) is 17.0. The Hall–Kier alpha value is -0.930. The van der Waals surface area contributed by atoms with Crippen LogP contribution in [0.1, 0.15) is 24.0 Å². The summed E-state index contributed by atoms with van der Waals surface area (Å²) < 4.78 is 19.4. The molecule has 5 nitrogen and oxygen atoms in total. The first-order valence-electron chi connectivity index (χ1n) is 8.06. The smallest absolute Gasteiger partial charge is 0.191 e. The number of halogens is 2. The Morgan fingerprint density at radius 3 is 2.79 bits per heavy atom. The zero-order chi connectivity index (χ0) is 16.7. The average Bonchev–Trinajstić information content (AvgIpc) is 3.03. The van der Waals surface area contributed by atoms with Crippen molar-refractivity contribution >= 4 is 29.9 Å². The van der Waals surface area contributed by atoms with E-state index in [4.69, 9.17) is 4.74 Å². The molecule has 1 unspecified atom stereocenters. The van der Waals surface area contributed by atoms with Gasteiger partial charge in [-0.3, -0.25) is 4.99 Å². The van der Waals surface area contributed by atoms with Gasteiger partial charge < -0.3 is 20.3 Å². The highest BCUT2D eigenvalue weighted by molar-refractivity contribution is 14.0. The number of benzene rings is 1. The minimum atomic E-state index is -0.164. The van der Waals surface area contributed by atoms with Gasteiger partial charge in [0.25, 0.3) is 0 Å². The minimum absolute atomic E-state index is 0. The van der Waals surface area contributed by atoms with Gasteiger partial charge in [0.05, 0.1) is 6.10 Å². The fourth-order valence-electron chi connectivity index (χ4n) is 2.62. The summed E-state index contributed by atoms with van der Waals surface area (Å²) in [5.41, 5.74) is 1.74. The number of aliphatic imine (C=N–C) groups is 1. The summed E-state index contributed by atoms with van der Waals surface area (Å²) >= 11 is 0. The van der Waals surface area contributed by atoms with Crippen LogP contribution in [0.3, 0.4) is 0 Å². The van der Waals surface area contributed by atoms with Crippen LogP contribution in [0.15, 0.2) is 23.2 Å². The van der Waals surface area contributed by atoms with Crippen molar-refractivity contribution in [3.63, 3.8) is 0 Å². The van der Waals surface area contributed by atoms with E-state index >= 15 is 0 Å². The highest BCUT2D eigenvalue weighted by atomic mass is 127. The van der Waals surface area contributed by atoms with E-state index in [9.17, 15) is 4.39 Å². The maximum absolute atomic E-state index is 13.8. The molecular weight excluding hydrogens is 422 g/mol. The van der Waals surface area contributed by atoms with Crippen LogP contribution in [0.25, 0.3) is 0 Å². The van der Waals surface area contributed by atoms with Crippen molar-refractivity contribution in [1.29, 1.82) is 0 Å². The molecule has 1 aromatic carbocycles. The lowest BCUT2D eigenvalue weighted by atomic mass is 10.1. The maximum atomic E-state index is 13.8. The molecular formula is C17H28FIN4O. The summed E-state index contributed by atoms with van der Waals surface area (Å²) in [5, 5.41) is 6.53. The van der Waals surface area contributed by atoms with Gasteiger partial charge in [0.1, 0.15) is 5.82 Å². The largest absolute Gasteiger partial charge is 0.376 e. The van der Waals surface area contributed by atoms with Gasteiger partial charge in [-0.05, 0) is 44.6 Å². The van der Waals surface area contributed by atoms with E-state index in [-0.39, 0.29) is 35.9 Å². The van der Waals surface area contributed by atoms with E-state index in [0.29, 0.717) is 18.7 Å². The van der Waals surface area contributed by atoms with Crippen LogP contribution in [0.4, 0.5) is 4.39 Å². The summed E-state index contributed by atoms with van der Waals surface area (Å²) in [5.74, 6) is 0.572. The molecule has 2 rings (SSSR count). The Morgan fingerprint density at radius 1 is 1.38 bits per heavy atom. The van der Waals surface area contributed by atoms with Crippen LogP contribution in [-0.4, -0.2) is 51.3 Å². The quantitative estimate of drug-likeness (QED) is 0.397. The van der Waals surface area contributed by atoms with Crippen molar-refractivity contribution in [3.8, 4) is 0 Å². The lowest BCUT2D eigenvalue weighted by Gasteiger charge is -2.16. The molecule has 1 aliphatic heterocycles. The second kappa shape index (κ2) is 10.8. The predicted molar refractivity (Wildman–Crippen MR) is 106 cm³/mol. The fraction of sp³-hybridized carbons (Fsp3) is 0.588. The first-order valence-corrected chi connectivity index (χ1v) is 8.06. The van der Waals surface area contributed by atoms with Crippen LogP contribution < -0.4 is 10.6 Å². The second-order valence-electron chi connectivity index (χ2n) is 6.11. The van der Waals surface area contributed by atoms with Gasteiger partial charge in [0.15, 0.2) is 5.96 Å². The third-order valence-corrected chi connectivity index (χ3v) is 3.80.